The van der Waals surface area contributed by atoms with Gasteiger partial charge in [0.25, 0.3) is 0 Å². The van der Waals surface area contributed by atoms with Crippen LogP contribution in [0.25, 0.3) is 0 Å². The van der Waals surface area contributed by atoms with Gasteiger partial charge in [-0.05, 0) is 43.6 Å². The van der Waals surface area contributed by atoms with Crippen molar-refractivity contribution in [2.75, 3.05) is 26.2 Å². The molecule has 0 saturated carbocycles. The van der Waals surface area contributed by atoms with Crippen molar-refractivity contribution >= 4 is 18.3 Å². The molecule has 0 radical (unpaired) electrons. The Bertz CT molecular complexity index is 295. The summed E-state index contributed by atoms with van der Waals surface area (Å²) in [5.41, 5.74) is 0.383. The van der Waals surface area contributed by atoms with Gasteiger partial charge in [0.15, 0.2) is 0 Å². The number of rotatable bonds is 1. The van der Waals surface area contributed by atoms with Crippen LogP contribution in [0.1, 0.15) is 46.5 Å². The van der Waals surface area contributed by atoms with Gasteiger partial charge in [-0.1, -0.05) is 20.8 Å². The van der Waals surface area contributed by atoms with Gasteiger partial charge < -0.3 is 10.2 Å². The summed E-state index contributed by atoms with van der Waals surface area (Å²) in [6.45, 7) is 10.8. The minimum absolute atomic E-state index is 0. The first-order valence-corrected chi connectivity index (χ1v) is 7.48. The average molecular weight is 289 g/mol. The second kappa shape index (κ2) is 6.94. The fraction of sp³-hybridized carbons (Fsp3) is 0.933. The van der Waals surface area contributed by atoms with Crippen LogP contribution in [0.2, 0.25) is 0 Å². The molecule has 3 nitrogen and oxygen atoms in total. The Kier molecular flexibility index (Phi) is 6.13. The second-order valence-electron chi connectivity index (χ2n) is 7.01. The lowest BCUT2D eigenvalue weighted by atomic mass is 9.77. The van der Waals surface area contributed by atoms with Crippen molar-refractivity contribution in [3.05, 3.63) is 0 Å². The van der Waals surface area contributed by atoms with Crippen molar-refractivity contribution in [2.24, 2.45) is 17.3 Å². The number of halogens is 1. The van der Waals surface area contributed by atoms with Crippen LogP contribution in [0.4, 0.5) is 0 Å². The Morgan fingerprint density at radius 2 is 1.89 bits per heavy atom. The summed E-state index contributed by atoms with van der Waals surface area (Å²) >= 11 is 0. The van der Waals surface area contributed by atoms with E-state index in [1.54, 1.807) is 0 Å². The second-order valence-corrected chi connectivity index (χ2v) is 7.01. The minimum atomic E-state index is 0. The zero-order valence-corrected chi connectivity index (χ0v) is 13.4. The van der Waals surface area contributed by atoms with Crippen molar-refractivity contribution in [1.82, 2.24) is 10.2 Å². The Morgan fingerprint density at radius 3 is 2.47 bits per heavy atom. The highest BCUT2D eigenvalue weighted by atomic mass is 35.5. The maximum absolute atomic E-state index is 12.4. The maximum Gasteiger partial charge on any atom is 0.227 e. The van der Waals surface area contributed by atoms with E-state index in [0.29, 0.717) is 11.3 Å². The molecule has 2 saturated heterocycles. The Labute approximate surface area is 123 Å². The molecule has 112 valence electrons. The summed E-state index contributed by atoms with van der Waals surface area (Å²) in [5, 5.41) is 3.29. The molecule has 1 N–H and O–H groups in total. The first-order chi connectivity index (χ1) is 8.48. The Hall–Kier alpha value is -0.280. The van der Waals surface area contributed by atoms with E-state index in [9.17, 15) is 4.79 Å². The van der Waals surface area contributed by atoms with Crippen molar-refractivity contribution in [3.8, 4) is 0 Å². The largest absolute Gasteiger partial charge is 0.342 e. The summed E-state index contributed by atoms with van der Waals surface area (Å²) in [4.78, 5) is 14.5. The topological polar surface area (TPSA) is 32.3 Å². The van der Waals surface area contributed by atoms with Crippen molar-refractivity contribution in [1.29, 1.82) is 0 Å². The smallest absolute Gasteiger partial charge is 0.227 e. The lowest BCUT2D eigenvalue weighted by Gasteiger charge is -2.30. The molecule has 0 aromatic carbocycles. The normalized spacial score (nSPS) is 28.7. The van der Waals surface area contributed by atoms with E-state index in [-0.39, 0.29) is 18.3 Å². The van der Waals surface area contributed by atoms with E-state index >= 15 is 0 Å². The number of carbonyl (C=O) groups excluding carboxylic acids is 1. The number of amides is 1. The van der Waals surface area contributed by atoms with Gasteiger partial charge in [-0.3, -0.25) is 4.79 Å². The molecule has 0 aromatic rings. The molecule has 2 heterocycles. The number of hydrogen-bond acceptors (Lipinski definition) is 2. The van der Waals surface area contributed by atoms with Gasteiger partial charge >= 0.3 is 0 Å². The van der Waals surface area contributed by atoms with Gasteiger partial charge in [0.2, 0.25) is 5.91 Å². The molecule has 0 aliphatic carbocycles. The van der Waals surface area contributed by atoms with Gasteiger partial charge in [0.05, 0.1) is 5.92 Å². The Morgan fingerprint density at radius 1 is 1.16 bits per heavy atom. The minimum Gasteiger partial charge on any atom is -0.342 e. The standard InChI is InChI=1S/C15H28N2O.ClH/c1-15(2,3)13-5-4-9-17(10-7-13)14(18)12-6-8-16-11-12;/h12-13,16H,4-11H2,1-3H3;1H. The highest BCUT2D eigenvalue weighted by Crippen LogP contribution is 2.34. The first kappa shape index (κ1) is 16.8. The lowest BCUT2D eigenvalue weighted by molar-refractivity contribution is -0.134. The lowest BCUT2D eigenvalue weighted by Crippen LogP contribution is -2.38. The molecule has 2 unspecified atom stereocenters. The number of likely N-dealkylation sites (tertiary alicyclic amines) is 1. The molecule has 1 amide bonds. The van der Waals surface area contributed by atoms with Crippen LogP contribution < -0.4 is 5.32 Å². The van der Waals surface area contributed by atoms with Gasteiger partial charge in [0.1, 0.15) is 0 Å². The fourth-order valence-electron chi connectivity index (χ4n) is 3.31. The van der Waals surface area contributed by atoms with Crippen LogP contribution in [-0.4, -0.2) is 37.0 Å². The highest BCUT2D eigenvalue weighted by molar-refractivity contribution is 5.85. The van der Waals surface area contributed by atoms with E-state index in [4.69, 9.17) is 0 Å². The first-order valence-electron chi connectivity index (χ1n) is 7.48. The molecule has 2 aliphatic rings. The van der Waals surface area contributed by atoms with Crippen molar-refractivity contribution in [2.45, 2.75) is 46.5 Å². The van der Waals surface area contributed by atoms with Gasteiger partial charge in [-0.25, -0.2) is 0 Å². The van der Waals surface area contributed by atoms with Crippen LogP contribution in [0.5, 0.6) is 0 Å². The third-order valence-corrected chi connectivity index (χ3v) is 4.67. The van der Waals surface area contributed by atoms with E-state index < -0.39 is 0 Å². The molecular weight excluding hydrogens is 260 g/mol. The van der Waals surface area contributed by atoms with Crippen LogP contribution in [0, 0.1) is 17.3 Å². The number of hydrogen-bond donors (Lipinski definition) is 1. The SMILES string of the molecule is CC(C)(C)C1CCCN(C(=O)C2CCNC2)CC1.Cl. The maximum atomic E-state index is 12.4. The van der Waals surface area contributed by atoms with Gasteiger partial charge in [0, 0.05) is 19.6 Å². The third kappa shape index (κ3) is 4.35. The third-order valence-electron chi connectivity index (χ3n) is 4.67. The van der Waals surface area contributed by atoms with E-state index in [2.05, 4.69) is 31.0 Å². The average Bonchev–Trinajstić information content (AvgIpc) is 2.70. The van der Waals surface area contributed by atoms with E-state index in [0.717, 1.165) is 38.5 Å². The summed E-state index contributed by atoms with van der Waals surface area (Å²) in [6, 6.07) is 0. The summed E-state index contributed by atoms with van der Waals surface area (Å²) in [5.74, 6) is 1.41. The van der Waals surface area contributed by atoms with Gasteiger partial charge in [-0.15, -0.1) is 12.4 Å². The molecule has 2 aliphatic heterocycles. The molecule has 0 aromatic heterocycles. The quantitative estimate of drug-likeness (QED) is 0.805. The molecular formula is C15H29ClN2O. The summed E-state index contributed by atoms with van der Waals surface area (Å²) in [7, 11) is 0. The zero-order chi connectivity index (χ0) is 13.2. The number of nitrogens with zero attached hydrogens (tertiary/aromatic N) is 1. The van der Waals surface area contributed by atoms with E-state index in [1.165, 1.54) is 19.3 Å². The zero-order valence-electron chi connectivity index (χ0n) is 12.6. The highest BCUT2D eigenvalue weighted by Gasteiger charge is 2.31. The van der Waals surface area contributed by atoms with Gasteiger partial charge in [-0.2, -0.15) is 0 Å². The predicted octanol–water partition coefficient (Wildman–Crippen LogP) is 2.69. The van der Waals surface area contributed by atoms with Crippen molar-refractivity contribution in [3.63, 3.8) is 0 Å². The molecule has 0 bridgehead atoms. The molecule has 19 heavy (non-hydrogen) atoms. The van der Waals surface area contributed by atoms with Crippen LogP contribution in [0.15, 0.2) is 0 Å². The fourth-order valence-corrected chi connectivity index (χ4v) is 3.31. The summed E-state index contributed by atoms with van der Waals surface area (Å²) < 4.78 is 0. The summed E-state index contributed by atoms with van der Waals surface area (Å²) in [6.07, 6.45) is 4.65. The van der Waals surface area contributed by atoms with E-state index in [1.807, 2.05) is 0 Å². The monoisotopic (exact) mass is 288 g/mol. The van der Waals surface area contributed by atoms with Crippen LogP contribution in [0.3, 0.4) is 0 Å². The van der Waals surface area contributed by atoms with Crippen molar-refractivity contribution < 1.29 is 4.79 Å². The molecule has 2 atom stereocenters. The molecule has 2 fully saturated rings. The molecule has 0 spiro atoms. The molecule has 2 rings (SSSR count). The van der Waals surface area contributed by atoms with Crippen LogP contribution >= 0.6 is 12.4 Å². The Balaban J connectivity index is 0.00000180. The molecule has 4 heteroatoms. The number of nitrogens with one attached hydrogen (secondary N) is 1. The van der Waals surface area contributed by atoms with Crippen LogP contribution in [-0.2, 0) is 4.79 Å². The number of carbonyl (C=O) groups is 1. The predicted molar refractivity (Wildman–Crippen MR) is 81.6 cm³/mol.